The van der Waals surface area contributed by atoms with E-state index in [0.29, 0.717) is 17.0 Å². The van der Waals surface area contributed by atoms with Crippen molar-refractivity contribution in [3.05, 3.63) is 47.0 Å². The molecule has 1 aromatic rings. The summed E-state index contributed by atoms with van der Waals surface area (Å²) in [6, 6.07) is 10.2. The monoisotopic (exact) mass is 322 g/mol. The second-order valence-corrected chi connectivity index (χ2v) is 5.10. The Kier molecular flexibility index (Phi) is 7.07. The Labute approximate surface area is 122 Å². The molecule has 1 rings (SSSR count). The number of nitrogens with one attached hydrogen (secondary N) is 1. The number of rotatable bonds is 5. The van der Waals surface area contributed by atoms with Crippen molar-refractivity contribution in [2.45, 2.75) is 12.5 Å². The van der Waals surface area contributed by atoms with Crippen LogP contribution in [0.25, 0.3) is 0 Å². The minimum Gasteiger partial charge on any atom is -0.353 e. The fourth-order valence-electron chi connectivity index (χ4n) is 1.53. The van der Waals surface area contributed by atoms with E-state index >= 15 is 0 Å². The van der Waals surface area contributed by atoms with E-state index < -0.39 is 0 Å². The Hall–Kier alpha value is -1.46. The largest absolute Gasteiger partial charge is 0.353 e. The van der Waals surface area contributed by atoms with E-state index in [2.05, 4.69) is 49.9 Å². The fraction of sp³-hybridized carbons (Fsp3) is 0.286. The molecule has 0 spiro atoms. The number of hydrogen-bond donors (Lipinski definition) is 2. The number of aliphatic imine (C=N–C) groups is 2. The van der Waals surface area contributed by atoms with Gasteiger partial charge in [-0.2, -0.15) is 0 Å². The summed E-state index contributed by atoms with van der Waals surface area (Å²) in [6.07, 6.45) is 2.41. The van der Waals surface area contributed by atoms with Gasteiger partial charge < -0.3 is 11.1 Å². The zero-order valence-electron chi connectivity index (χ0n) is 11.0. The summed E-state index contributed by atoms with van der Waals surface area (Å²) in [5.74, 6) is 0.545. The van der Waals surface area contributed by atoms with E-state index in [1.54, 1.807) is 13.3 Å². The van der Waals surface area contributed by atoms with E-state index in [0.717, 1.165) is 6.42 Å². The van der Waals surface area contributed by atoms with E-state index in [-0.39, 0.29) is 6.04 Å². The van der Waals surface area contributed by atoms with Crippen LogP contribution in [0.15, 0.2) is 51.4 Å². The molecule has 0 aliphatic heterocycles. The average molecular weight is 323 g/mol. The van der Waals surface area contributed by atoms with Crippen LogP contribution in [0.4, 0.5) is 0 Å². The van der Waals surface area contributed by atoms with Crippen LogP contribution in [-0.4, -0.2) is 31.8 Å². The standard InChI is InChI=1S/C14H19BrN4/c1-11(15)9-18-14(17-2)19-10-13(16)8-12-6-4-3-5-7-12/h3-7,9,13H,1,8,10,16H2,2H3,(H,17,19)/b18-9-/t13-/m0/s1. The summed E-state index contributed by atoms with van der Waals surface area (Å²) in [5.41, 5.74) is 7.29. The van der Waals surface area contributed by atoms with Gasteiger partial charge in [-0.25, -0.2) is 4.99 Å². The molecule has 19 heavy (non-hydrogen) atoms. The smallest absolute Gasteiger partial charge is 0.217 e. The van der Waals surface area contributed by atoms with E-state index in [4.69, 9.17) is 5.73 Å². The molecule has 0 saturated carbocycles. The molecule has 0 amide bonds. The second-order valence-electron chi connectivity index (χ2n) is 4.08. The zero-order valence-corrected chi connectivity index (χ0v) is 12.6. The Bertz CT molecular complexity index is 454. The number of hydrogen-bond acceptors (Lipinski definition) is 2. The van der Waals surface area contributed by atoms with E-state index in [1.807, 2.05) is 18.2 Å². The summed E-state index contributed by atoms with van der Waals surface area (Å²) in [6.45, 7) is 4.29. The quantitative estimate of drug-likeness (QED) is 0.644. The van der Waals surface area contributed by atoms with Crippen molar-refractivity contribution >= 4 is 28.1 Å². The average Bonchev–Trinajstić information content (AvgIpc) is 2.39. The lowest BCUT2D eigenvalue weighted by Gasteiger charge is -2.13. The van der Waals surface area contributed by atoms with Crippen LogP contribution in [0, 0.1) is 0 Å². The van der Waals surface area contributed by atoms with Crippen molar-refractivity contribution in [3.8, 4) is 0 Å². The Balaban J connectivity index is 2.41. The van der Waals surface area contributed by atoms with Crippen LogP contribution < -0.4 is 11.1 Å². The molecular weight excluding hydrogens is 304 g/mol. The first-order valence-corrected chi connectivity index (χ1v) is 6.79. The molecule has 0 radical (unpaired) electrons. The van der Waals surface area contributed by atoms with E-state index in [1.165, 1.54) is 5.56 Å². The molecule has 4 nitrogen and oxygen atoms in total. The number of benzene rings is 1. The molecule has 0 saturated heterocycles. The molecule has 0 aliphatic rings. The van der Waals surface area contributed by atoms with Crippen molar-refractivity contribution < 1.29 is 0 Å². The highest BCUT2D eigenvalue weighted by Gasteiger charge is 2.04. The van der Waals surface area contributed by atoms with Crippen LogP contribution in [0.3, 0.4) is 0 Å². The first kappa shape index (κ1) is 15.6. The number of guanidine groups is 1. The Morgan fingerprint density at radius 1 is 1.47 bits per heavy atom. The van der Waals surface area contributed by atoms with Gasteiger partial charge >= 0.3 is 0 Å². The lowest BCUT2D eigenvalue weighted by molar-refractivity contribution is 0.642. The molecule has 0 unspecified atom stereocenters. The van der Waals surface area contributed by atoms with Crippen LogP contribution >= 0.6 is 15.9 Å². The van der Waals surface area contributed by atoms with Gasteiger partial charge in [-0.05, 0) is 27.9 Å². The Morgan fingerprint density at radius 3 is 2.74 bits per heavy atom. The maximum absolute atomic E-state index is 6.07. The maximum Gasteiger partial charge on any atom is 0.217 e. The highest BCUT2D eigenvalue weighted by atomic mass is 79.9. The number of halogens is 1. The molecule has 0 bridgehead atoms. The highest BCUT2D eigenvalue weighted by Crippen LogP contribution is 2.01. The van der Waals surface area contributed by atoms with Crippen molar-refractivity contribution in [1.82, 2.24) is 5.32 Å². The molecule has 5 heteroatoms. The third-order valence-corrected chi connectivity index (χ3v) is 2.61. The number of nitrogens with two attached hydrogens (primary N) is 1. The van der Waals surface area contributed by atoms with Crippen LogP contribution in [0.2, 0.25) is 0 Å². The van der Waals surface area contributed by atoms with Crippen molar-refractivity contribution in [3.63, 3.8) is 0 Å². The van der Waals surface area contributed by atoms with Gasteiger partial charge in [0, 0.05) is 30.3 Å². The second kappa shape index (κ2) is 8.61. The summed E-state index contributed by atoms with van der Waals surface area (Å²) in [4.78, 5) is 8.16. The summed E-state index contributed by atoms with van der Waals surface area (Å²) in [7, 11) is 1.68. The van der Waals surface area contributed by atoms with Crippen molar-refractivity contribution in [2.24, 2.45) is 15.7 Å². The molecule has 3 N–H and O–H groups in total. The fourth-order valence-corrected chi connectivity index (χ4v) is 1.63. The predicted octanol–water partition coefficient (Wildman–Crippen LogP) is 2.11. The Morgan fingerprint density at radius 2 is 2.16 bits per heavy atom. The molecule has 1 atom stereocenters. The van der Waals surface area contributed by atoms with Crippen LogP contribution in [0.1, 0.15) is 5.56 Å². The molecule has 0 heterocycles. The third-order valence-electron chi connectivity index (χ3n) is 2.40. The lowest BCUT2D eigenvalue weighted by atomic mass is 10.1. The summed E-state index contributed by atoms with van der Waals surface area (Å²) >= 11 is 3.21. The molecule has 0 fully saturated rings. The normalized spacial score (nSPS) is 13.5. The van der Waals surface area contributed by atoms with Gasteiger partial charge in [-0.15, -0.1) is 0 Å². The number of nitrogens with zero attached hydrogens (tertiary/aromatic N) is 2. The lowest BCUT2D eigenvalue weighted by Crippen LogP contribution is -2.38. The topological polar surface area (TPSA) is 62.8 Å². The van der Waals surface area contributed by atoms with Crippen LogP contribution in [-0.2, 0) is 6.42 Å². The molecule has 0 aromatic heterocycles. The van der Waals surface area contributed by atoms with Gasteiger partial charge in [-0.3, -0.25) is 4.99 Å². The third kappa shape index (κ3) is 6.88. The zero-order chi connectivity index (χ0) is 14.1. The number of allylic oxidation sites excluding steroid dienone is 1. The maximum atomic E-state index is 6.07. The predicted molar refractivity (Wildman–Crippen MR) is 86.0 cm³/mol. The minimum absolute atomic E-state index is 0.0153. The highest BCUT2D eigenvalue weighted by molar-refractivity contribution is 9.12. The van der Waals surface area contributed by atoms with Gasteiger partial charge in [-0.1, -0.05) is 36.9 Å². The summed E-state index contributed by atoms with van der Waals surface area (Å²) < 4.78 is 0.698. The minimum atomic E-state index is 0.0153. The van der Waals surface area contributed by atoms with Gasteiger partial charge in [0.15, 0.2) is 0 Å². The molecule has 102 valence electrons. The van der Waals surface area contributed by atoms with Gasteiger partial charge in [0.25, 0.3) is 0 Å². The van der Waals surface area contributed by atoms with Gasteiger partial charge in [0.2, 0.25) is 5.96 Å². The SMILES string of the molecule is C=C(Br)/C=N\C(=NC)NC[C@@H](N)Cc1ccccc1. The molecule has 1 aromatic carbocycles. The van der Waals surface area contributed by atoms with Crippen molar-refractivity contribution in [1.29, 1.82) is 0 Å². The van der Waals surface area contributed by atoms with Crippen molar-refractivity contribution in [2.75, 3.05) is 13.6 Å². The first-order chi connectivity index (χ1) is 9.11. The van der Waals surface area contributed by atoms with Crippen LogP contribution in [0.5, 0.6) is 0 Å². The summed E-state index contributed by atoms with van der Waals surface area (Å²) in [5, 5.41) is 3.11. The molecular formula is C14H19BrN4. The van der Waals surface area contributed by atoms with E-state index in [9.17, 15) is 0 Å². The molecule has 0 aliphatic carbocycles. The van der Waals surface area contributed by atoms with Gasteiger partial charge in [0.1, 0.15) is 0 Å². The van der Waals surface area contributed by atoms with Gasteiger partial charge in [0.05, 0.1) is 0 Å². The first-order valence-electron chi connectivity index (χ1n) is 6.00.